The average molecular weight is 543 g/mol. The van der Waals surface area contributed by atoms with Crippen molar-refractivity contribution in [2.45, 2.75) is 58.7 Å². The Hall–Kier alpha value is -3.98. The number of nitrogens with one attached hydrogen (secondary N) is 3. The number of rotatable bonds is 8. The highest BCUT2D eigenvalue weighted by Gasteiger charge is 2.30. The van der Waals surface area contributed by atoms with Gasteiger partial charge in [-0.15, -0.1) is 0 Å². The standard InChI is InChI=1S/C31H35FN6O2/c1-18-6-7-23(32)14-21(18)13-19(2)34-25-8-9-33-30(39)28(25)29-35-26-15-22-17-38(12-11-37-10-4-5-20(37)3)31(40)24(22)16-27(26)36-29/h6-9,14-16,19-20H,4-5,10-13,17H2,1-3H3,(H,35,36)(H2,33,34,39)/t19-,20-/m0/s1. The van der Waals surface area contributed by atoms with E-state index in [1.165, 1.54) is 18.9 Å². The summed E-state index contributed by atoms with van der Waals surface area (Å²) >= 11 is 0. The van der Waals surface area contributed by atoms with Crippen molar-refractivity contribution in [3.8, 4) is 11.4 Å². The first-order valence-corrected chi connectivity index (χ1v) is 14.1. The number of halogens is 1. The average Bonchev–Trinajstić information content (AvgIpc) is 3.60. The van der Waals surface area contributed by atoms with E-state index < -0.39 is 0 Å². The summed E-state index contributed by atoms with van der Waals surface area (Å²) in [6.45, 7) is 9.51. The lowest BCUT2D eigenvalue weighted by atomic mass is 10.0. The number of benzene rings is 2. The van der Waals surface area contributed by atoms with Gasteiger partial charge in [0.25, 0.3) is 11.5 Å². The summed E-state index contributed by atoms with van der Waals surface area (Å²) in [5.41, 5.74) is 5.78. The van der Waals surface area contributed by atoms with E-state index in [9.17, 15) is 14.0 Å². The van der Waals surface area contributed by atoms with Crippen molar-refractivity contribution >= 4 is 22.6 Å². The van der Waals surface area contributed by atoms with Crippen LogP contribution >= 0.6 is 0 Å². The van der Waals surface area contributed by atoms with Crippen molar-refractivity contribution in [1.82, 2.24) is 24.8 Å². The van der Waals surface area contributed by atoms with E-state index >= 15 is 0 Å². The second-order valence-corrected chi connectivity index (χ2v) is 11.3. The summed E-state index contributed by atoms with van der Waals surface area (Å²) in [7, 11) is 0. The fourth-order valence-electron chi connectivity index (χ4n) is 6.09. The lowest BCUT2D eigenvalue weighted by Crippen LogP contribution is -2.36. The van der Waals surface area contributed by atoms with Gasteiger partial charge in [-0.05, 0) is 93.6 Å². The second-order valence-electron chi connectivity index (χ2n) is 11.3. The number of imidazole rings is 1. The molecule has 8 nitrogen and oxygen atoms in total. The molecule has 9 heteroatoms. The molecule has 0 radical (unpaired) electrons. The van der Waals surface area contributed by atoms with E-state index in [2.05, 4.69) is 27.1 Å². The molecule has 1 amide bonds. The number of H-pyrrole nitrogens is 2. The van der Waals surface area contributed by atoms with Crippen LogP contribution in [0.15, 0.2) is 47.4 Å². The number of likely N-dealkylation sites (tertiary alicyclic amines) is 1. The summed E-state index contributed by atoms with van der Waals surface area (Å²) in [4.78, 5) is 41.4. The number of hydrogen-bond donors (Lipinski definition) is 3. The summed E-state index contributed by atoms with van der Waals surface area (Å²) in [6, 6.07) is 10.9. The molecule has 2 aliphatic rings. The molecule has 6 rings (SSSR count). The Kier molecular flexibility index (Phi) is 6.92. The smallest absolute Gasteiger partial charge is 0.261 e. The van der Waals surface area contributed by atoms with Gasteiger partial charge in [-0.1, -0.05) is 6.07 Å². The first-order chi connectivity index (χ1) is 19.3. The highest BCUT2D eigenvalue weighted by atomic mass is 19.1. The van der Waals surface area contributed by atoms with Gasteiger partial charge in [0.1, 0.15) is 17.2 Å². The SMILES string of the molecule is Cc1ccc(F)cc1C[C@H](C)Nc1cc[nH]c(=O)c1-c1nc2cc3c(cc2[nH]1)CN(CCN1CCC[C@@H]1C)C3=O. The number of fused-ring (bicyclic) bond motifs is 2. The lowest BCUT2D eigenvalue weighted by molar-refractivity contribution is 0.0756. The maximum atomic E-state index is 13.8. The zero-order valence-corrected chi connectivity index (χ0v) is 23.2. The van der Waals surface area contributed by atoms with Crippen molar-refractivity contribution in [2.24, 2.45) is 0 Å². The topological polar surface area (TPSA) is 97.1 Å². The van der Waals surface area contributed by atoms with Crippen LogP contribution in [0.5, 0.6) is 0 Å². The van der Waals surface area contributed by atoms with Crippen LogP contribution < -0.4 is 10.9 Å². The zero-order chi connectivity index (χ0) is 28.0. The molecule has 4 aromatic rings. The fourth-order valence-corrected chi connectivity index (χ4v) is 6.09. The molecule has 208 valence electrons. The molecule has 0 bridgehead atoms. The van der Waals surface area contributed by atoms with Gasteiger partial charge in [-0.2, -0.15) is 0 Å². The number of amides is 1. The van der Waals surface area contributed by atoms with Gasteiger partial charge in [-0.3, -0.25) is 14.5 Å². The molecule has 0 aliphatic carbocycles. The first kappa shape index (κ1) is 26.3. The van der Waals surface area contributed by atoms with Gasteiger partial charge < -0.3 is 20.2 Å². The summed E-state index contributed by atoms with van der Waals surface area (Å²) < 4.78 is 13.8. The maximum Gasteiger partial charge on any atom is 0.261 e. The minimum atomic E-state index is -0.274. The molecule has 0 spiro atoms. The van der Waals surface area contributed by atoms with Crippen LogP contribution in [0, 0.1) is 12.7 Å². The van der Waals surface area contributed by atoms with E-state index in [0.29, 0.717) is 53.7 Å². The molecule has 40 heavy (non-hydrogen) atoms. The highest BCUT2D eigenvalue weighted by Crippen LogP contribution is 2.30. The fraction of sp³-hybridized carbons (Fsp3) is 0.387. The van der Waals surface area contributed by atoms with Crippen molar-refractivity contribution in [3.63, 3.8) is 0 Å². The monoisotopic (exact) mass is 542 g/mol. The Morgan fingerprint density at radius 3 is 2.83 bits per heavy atom. The first-order valence-electron chi connectivity index (χ1n) is 14.1. The minimum Gasteiger partial charge on any atom is -0.381 e. The molecule has 1 fully saturated rings. The predicted octanol–water partition coefficient (Wildman–Crippen LogP) is 4.85. The van der Waals surface area contributed by atoms with Gasteiger partial charge in [0.2, 0.25) is 0 Å². The molecule has 0 saturated carbocycles. The summed E-state index contributed by atoms with van der Waals surface area (Å²) in [5, 5.41) is 3.42. The Labute approximate surface area is 232 Å². The number of aromatic nitrogens is 3. The number of hydrogen-bond acceptors (Lipinski definition) is 5. The van der Waals surface area contributed by atoms with Gasteiger partial charge in [0.15, 0.2) is 0 Å². The number of aromatic amines is 2. The number of aryl methyl sites for hydroxylation is 1. The third-order valence-corrected chi connectivity index (χ3v) is 8.37. The molecule has 2 aliphatic heterocycles. The molecule has 2 aromatic heterocycles. The Bertz CT molecular complexity index is 1640. The van der Waals surface area contributed by atoms with Crippen LogP contribution in [0.4, 0.5) is 10.1 Å². The molecule has 2 aromatic carbocycles. The number of carbonyl (C=O) groups is 1. The largest absolute Gasteiger partial charge is 0.381 e. The normalized spacial score (nSPS) is 18.1. The number of carbonyl (C=O) groups excluding carboxylic acids is 1. The molecule has 4 heterocycles. The molecule has 1 saturated heterocycles. The second kappa shape index (κ2) is 10.5. The van der Waals surface area contributed by atoms with E-state index in [4.69, 9.17) is 4.98 Å². The predicted molar refractivity (Wildman–Crippen MR) is 155 cm³/mol. The third-order valence-electron chi connectivity index (χ3n) is 8.37. The highest BCUT2D eigenvalue weighted by molar-refractivity contribution is 6.02. The number of anilines is 1. The van der Waals surface area contributed by atoms with Crippen LogP contribution in [0.2, 0.25) is 0 Å². The Balaban J connectivity index is 1.23. The van der Waals surface area contributed by atoms with Crippen molar-refractivity contribution in [1.29, 1.82) is 0 Å². The van der Waals surface area contributed by atoms with Crippen molar-refractivity contribution in [2.75, 3.05) is 25.0 Å². The summed E-state index contributed by atoms with van der Waals surface area (Å²) in [5.74, 6) is 0.209. The summed E-state index contributed by atoms with van der Waals surface area (Å²) in [6.07, 6.45) is 4.64. The minimum absolute atomic E-state index is 0.0367. The zero-order valence-electron chi connectivity index (χ0n) is 23.2. The maximum absolute atomic E-state index is 13.8. The van der Waals surface area contributed by atoms with Gasteiger partial charge >= 0.3 is 0 Å². The third kappa shape index (κ3) is 5.01. The van der Waals surface area contributed by atoms with E-state index in [-0.39, 0.29) is 23.3 Å². The van der Waals surface area contributed by atoms with E-state index in [1.54, 1.807) is 18.3 Å². The molecule has 0 unspecified atom stereocenters. The van der Waals surface area contributed by atoms with Crippen LogP contribution in [-0.4, -0.2) is 62.4 Å². The van der Waals surface area contributed by atoms with Gasteiger partial charge in [0.05, 0.1) is 16.7 Å². The van der Waals surface area contributed by atoms with Gasteiger partial charge in [0, 0.05) is 43.5 Å². The van der Waals surface area contributed by atoms with Crippen LogP contribution in [-0.2, 0) is 13.0 Å². The number of nitrogens with zero attached hydrogens (tertiary/aromatic N) is 3. The molecule has 2 atom stereocenters. The van der Waals surface area contributed by atoms with Crippen LogP contribution in [0.1, 0.15) is 53.7 Å². The molecule has 3 N–H and O–H groups in total. The quantitative estimate of drug-likeness (QED) is 0.296. The van der Waals surface area contributed by atoms with Gasteiger partial charge in [-0.25, -0.2) is 9.37 Å². The molecular weight excluding hydrogens is 507 g/mol. The number of pyridine rings is 1. The Morgan fingerprint density at radius 1 is 1.18 bits per heavy atom. The lowest BCUT2D eigenvalue weighted by Gasteiger charge is -2.24. The Morgan fingerprint density at radius 2 is 2.02 bits per heavy atom. The van der Waals surface area contributed by atoms with Crippen molar-refractivity contribution in [3.05, 3.63) is 81.0 Å². The van der Waals surface area contributed by atoms with E-state index in [0.717, 1.165) is 35.3 Å². The van der Waals surface area contributed by atoms with Crippen LogP contribution in [0.3, 0.4) is 0 Å². The van der Waals surface area contributed by atoms with E-state index in [1.807, 2.05) is 36.9 Å². The van der Waals surface area contributed by atoms with Crippen molar-refractivity contribution < 1.29 is 9.18 Å². The molecular formula is C31H35FN6O2. The van der Waals surface area contributed by atoms with Crippen LogP contribution in [0.25, 0.3) is 22.4 Å².